The van der Waals surface area contributed by atoms with Gasteiger partial charge < -0.3 is 14.2 Å². The summed E-state index contributed by atoms with van der Waals surface area (Å²) >= 11 is 0. The Hall–Kier alpha value is -4.19. The molecular formula is C60H96O6. The van der Waals surface area contributed by atoms with E-state index in [1.165, 1.54) is 44.9 Å². The molecule has 0 aromatic heterocycles. The number of esters is 3. The highest BCUT2D eigenvalue weighted by atomic mass is 16.6. The van der Waals surface area contributed by atoms with E-state index in [0.717, 1.165) is 135 Å². The summed E-state index contributed by atoms with van der Waals surface area (Å²) < 4.78 is 16.7. The first-order valence-electron chi connectivity index (χ1n) is 26.6. The van der Waals surface area contributed by atoms with Gasteiger partial charge >= 0.3 is 17.9 Å². The summed E-state index contributed by atoms with van der Waals surface area (Å²) in [4.78, 5) is 38.0. The van der Waals surface area contributed by atoms with Crippen LogP contribution in [0.5, 0.6) is 0 Å². The summed E-state index contributed by atoms with van der Waals surface area (Å²) in [6.45, 7) is 6.30. The van der Waals surface area contributed by atoms with Crippen LogP contribution in [0.2, 0.25) is 0 Å². The molecule has 0 aliphatic carbocycles. The molecule has 0 saturated carbocycles. The molecule has 6 nitrogen and oxygen atoms in total. The number of ether oxygens (including phenoxy) is 3. The minimum Gasteiger partial charge on any atom is -0.462 e. The average molecular weight is 913 g/mol. The Morgan fingerprint density at radius 3 is 1.12 bits per heavy atom. The van der Waals surface area contributed by atoms with Gasteiger partial charge in [-0.3, -0.25) is 14.4 Å². The predicted octanol–water partition coefficient (Wildman–Crippen LogP) is 17.7. The summed E-state index contributed by atoms with van der Waals surface area (Å²) in [7, 11) is 0. The van der Waals surface area contributed by atoms with Crippen molar-refractivity contribution in [2.45, 2.75) is 226 Å². The average Bonchev–Trinajstić information content (AvgIpc) is 3.31. The summed E-state index contributed by atoms with van der Waals surface area (Å²) in [6.07, 6.45) is 73.3. The Morgan fingerprint density at radius 2 is 0.667 bits per heavy atom. The van der Waals surface area contributed by atoms with E-state index in [9.17, 15) is 14.4 Å². The standard InChI is InChI=1S/C60H96O6/c1-4-7-10-13-16-19-22-25-27-29-30-31-33-35-38-41-44-47-50-53-59(62)65-56-57(55-64-58(61)52-49-46-43-40-37-34-24-21-18-15-12-9-6-3)66-60(63)54-51-48-45-42-39-36-32-28-26-23-20-17-14-11-8-5-2/h7,9-10,12,15-16,18-19,21,24-25,27-28,30-32,35-36,38-39,57H,4-6,8,11,13-14,17,20,22-23,26,29,33-34,37,40-56H2,1-3H3/b10-7+,12-9+,18-15+,19-16+,24-21+,27-25+,31-30+,32-28+,38-35+,39-36+. The quantitative estimate of drug-likeness (QED) is 0.0199. The maximum absolute atomic E-state index is 12.8. The minimum absolute atomic E-state index is 0.114. The molecule has 0 amide bonds. The zero-order valence-electron chi connectivity index (χ0n) is 42.4. The Balaban J connectivity index is 4.53. The maximum atomic E-state index is 12.8. The zero-order valence-corrected chi connectivity index (χ0v) is 42.4. The fourth-order valence-corrected chi connectivity index (χ4v) is 6.81. The Kier molecular flexibility index (Phi) is 50.0. The summed E-state index contributed by atoms with van der Waals surface area (Å²) in [6, 6.07) is 0. The molecular weight excluding hydrogens is 817 g/mol. The minimum atomic E-state index is -0.818. The van der Waals surface area contributed by atoms with Crippen molar-refractivity contribution in [2.75, 3.05) is 13.2 Å². The molecule has 0 rings (SSSR count). The number of carbonyl (C=O) groups excluding carboxylic acids is 3. The van der Waals surface area contributed by atoms with Gasteiger partial charge in [-0.1, -0.05) is 213 Å². The second-order valence-corrected chi connectivity index (χ2v) is 17.1. The van der Waals surface area contributed by atoms with E-state index in [4.69, 9.17) is 14.2 Å². The fraction of sp³-hybridized carbons (Fsp3) is 0.617. The Morgan fingerprint density at radius 1 is 0.333 bits per heavy atom. The second-order valence-electron chi connectivity index (χ2n) is 17.1. The largest absolute Gasteiger partial charge is 0.462 e. The van der Waals surface area contributed by atoms with Crippen LogP contribution in [0.4, 0.5) is 0 Å². The van der Waals surface area contributed by atoms with Crippen LogP contribution in [0, 0.1) is 0 Å². The molecule has 66 heavy (non-hydrogen) atoms. The van der Waals surface area contributed by atoms with Crippen LogP contribution >= 0.6 is 0 Å². The van der Waals surface area contributed by atoms with Gasteiger partial charge in [0, 0.05) is 19.3 Å². The molecule has 0 heterocycles. The number of allylic oxidation sites excluding steroid dienone is 20. The molecule has 0 radical (unpaired) electrons. The summed E-state index contributed by atoms with van der Waals surface area (Å²) in [5.41, 5.74) is 0. The Bertz CT molecular complexity index is 1420. The molecule has 0 bridgehead atoms. The van der Waals surface area contributed by atoms with E-state index in [-0.39, 0.29) is 37.5 Å². The number of unbranched alkanes of at least 4 members (excludes halogenated alkanes) is 18. The monoisotopic (exact) mass is 913 g/mol. The third-order valence-electron chi connectivity index (χ3n) is 10.8. The lowest BCUT2D eigenvalue weighted by Gasteiger charge is -2.18. The van der Waals surface area contributed by atoms with Crippen molar-refractivity contribution in [1.82, 2.24) is 0 Å². The van der Waals surface area contributed by atoms with Gasteiger partial charge in [0.1, 0.15) is 13.2 Å². The number of carbonyl (C=O) groups is 3. The lowest BCUT2D eigenvalue weighted by atomic mass is 10.1. The predicted molar refractivity (Wildman–Crippen MR) is 283 cm³/mol. The molecule has 0 aromatic carbocycles. The van der Waals surface area contributed by atoms with Gasteiger partial charge in [-0.25, -0.2) is 0 Å². The van der Waals surface area contributed by atoms with Crippen LogP contribution in [-0.4, -0.2) is 37.2 Å². The highest BCUT2D eigenvalue weighted by Crippen LogP contribution is 2.12. The van der Waals surface area contributed by atoms with Crippen LogP contribution in [0.25, 0.3) is 0 Å². The third kappa shape index (κ3) is 50.8. The van der Waals surface area contributed by atoms with Crippen LogP contribution in [0.3, 0.4) is 0 Å². The number of hydrogen-bond acceptors (Lipinski definition) is 6. The maximum Gasteiger partial charge on any atom is 0.306 e. The van der Waals surface area contributed by atoms with E-state index in [2.05, 4.69) is 142 Å². The van der Waals surface area contributed by atoms with Gasteiger partial charge in [0.15, 0.2) is 6.10 Å². The van der Waals surface area contributed by atoms with E-state index >= 15 is 0 Å². The van der Waals surface area contributed by atoms with E-state index in [1.807, 2.05) is 0 Å². The van der Waals surface area contributed by atoms with Gasteiger partial charge in [0.2, 0.25) is 0 Å². The van der Waals surface area contributed by atoms with Crippen molar-refractivity contribution in [3.8, 4) is 0 Å². The Labute approximate surface area is 405 Å². The molecule has 6 heteroatoms. The first-order chi connectivity index (χ1) is 32.5. The third-order valence-corrected chi connectivity index (χ3v) is 10.8. The molecule has 0 fully saturated rings. The van der Waals surface area contributed by atoms with Crippen molar-refractivity contribution >= 4 is 17.9 Å². The zero-order chi connectivity index (χ0) is 47.9. The van der Waals surface area contributed by atoms with Crippen molar-refractivity contribution < 1.29 is 28.6 Å². The van der Waals surface area contributed by atoms with Gasteiger partial charge in [0.05, 0.1) is 0 Å². The molecule has 1 unspecified atom stereocenters. The smallest absolute Gasteiger partial charge is 0.306 e. The fourth-order valence-electron chi connectivity index (χ4n) is 6.81. The molecule has 372 valence electrons. The van der Waals surface area contributed by atoms with Crippen molar-refractivity contribution in [1.29, 1.82) is 0 Å². The normalized spacial score (nSPS) is 13.1. The molecule has 0 saturated heterocycles. The summed E-state index contributed by atoms with van der Waals surface area (Å²) in [5.74, 6) is -0.998. The summed E-state index contributed by atoms with van der Waals surface area (Å²) in [5, 5.41) is 0. The highest BCUT2D eigenvalue weighted by Gasteiger charge is 2.19. The van der Waals surface area contributed by atoms with Gasteiger partial charge in [0.25, 0.3) is 0 Å². The van der Waals surface area contributed by atoms with Gasteiger partial charge in [-0.2, -0.15) is 0 Å². The number of rotatable bonds is 46. The lowest BCUT2D eigenvalue weighted by Crippen LogP contribution is -2.30. The first-order valence-corrected chi connectivity index (χ1v) is 26.6. The van der Waals surface area contributed by atoms with Crippen LogP contribution in [0.1, 0.15) is 220 Å². The van der Waals surface area contributed by atoms with Crippen molar-refractivity contribution in [3.63, 3.8) is 0 Å². The molecule has 0 aliphatic rings. The van der Waals surface area contributed by atoms with Crippen molar-refractivity contribution in [3.05, 3.63) is 122 Å². The topological polar surface area (TPSA) is 78.9 Å². The van der Waals surface area contributed by atoms with Gasteiger partial charge in [-0.05, 0) is 109 Å². The van der Waals surface area contributed by atoms with Gasteiger partial charge in [-0.15, -0.1) is 0 Å². The van der Waals surface area contributed by atoms with Crippen molar-refractivity contribution in [2.24, 2.45) is 0 Å². The first kappa shape index (κ1) is 61.8. The number of hydrogen-bond donors (Lipinski definition) is 0. The van der Waals surface area contributed by atoms with Crippen LogP contribution in [-0.2, 0) is 28.6 Å². The van der Waals surface area contributed by atoms with E-state index < -0.39 is 6.10 Å². The lowest BCUT2D eigenvalue weighted by molar-refractivity contribution is -0.167. The van der Waals surface area contributed by atoms with Crippen LogP contribution < -0.4 is 0 Å². The molecule has 0 spiro atoms. The highest BCUT2D eigenvalue weighted by molar-refractivity contribution is 5.71. The molecule has 0 aromatic rings. The SMILES string of the molecule is CC/C=C/C=C/C=C/CCCCCCCC(=O)OCC(COC(=O)CCCCC/C=C/C/C=C/C/C=C/C/C=C/C/C=C/CC)OC(=O)CCCCC/C=C/C=C/CCCCCCCCC. The second kappa shape index (κ2) is 53.4. The van der Waals surface area contributed by atoms with E-state index in [0.29, 0.717) is 12.8 Å². The molecule has 1 atom stereocenters. The van der Waals surface area contributed by atoms with Crippen LogP contribution in [0.15, 0.2) is 122 Å². The molecule has 0 N–H and O–H groups in total. The molecule has 0 aliphatic heterocycles. The van der Waals surface area contributed by atoms with E-state index in [1.54, 1.807) is 0 Å².